The third-order valence-electron chi connectivity index (χ3n) is 8.91. The molecule has 2 N–H and O–H groups in total. The van der Waals surface area contributed by atoms with Gasteiger partial charge in [0.1, 0.15) is 5.82 Å². The predicted molar refractivity (Wildman–Crippen MR) is 170 cm³/mol. The highest BCUT2D eigenvalue weighted by Gasteiger charge is 2.53. The average Bonchev–Trinajstić information content (AvgIpc) is 3.51. The first-order chi connectivity index (χ1) is 20.2. The topological polar surface area (TPSA) is 44.0 Å². The molecule has 2 heterocycles. The summed E-state index contributed by atoms with van der Waals surface area (Å²) in [6, 6.07) is 43.5. The molecule has 1 saturated heterocycles. The zero-order chi connectivity index (χ0) is 28.1. The fourth-order valence-electron chi connectivity index (χ4n) is 6.87. The minimum absolute atomic E-state index is 0.0875. The second-order valence-electron chi connectivity index (χ2n) is 11.2. The zero-order valence-corrected chi connectivity index (χ0v) is 24.1. The summed E-state index contributed by atoms with van der Waals surface area (Å²) in [4.78, 5) is 12.2. The van der Waals surface area contributed by atoms with Gasteiger partial charge in [0, 0.05) is 43.2 Å². The number of piperazine rings is 1. The van der Waals surface area contributed by atoms with Crippen LogP contribution in [0, 0.1) is 5.92 Å². The number of H-pyrrole nitrogens is 1. The van der Waals surface area contributed by atoms with Crippen molar-refractivity contribution in [2.45, 2.75) is 31.7 Å². The Bertz CT molecular complexity index is 1470. The van der Waals surface area contributed by atoms with E-state index in [0.717, 1.165) is 55.2 Å². The van der Waals surface area contributed by atoms with Crippen molar-refractivity contribution in [3.8, 4) is 22.6 Å². The first-order valence-electron chi connectivity index (χ1n) is 15.0. The maximum Gasteiger partial charge on any atom is 0.138 e. The highest BCUT2D eigenvalue weighted by atomic mass is 15.3. The highest BCUT2D eigenvalue weighted by Crippen LogP contribution is 2.53. The Hall–Kier alpha value is -3.99. The fraction of sp³-hybridized carbons (Fsp3) is 0.270. The lowest BCUT2D eigenvalue weighted by atomic mass is 9.64. The summed E-state index contributed by atoms with van der Waals surface area (Å²) < 4.78 is 0. The Kier molecular flexibility index (Phi) is 8.13. The first kappa shape index (κ1) is 27.2. The Labute approximate surface area is 244 Å². The van der Waals surface area contributed by atoms with Gasteiger partial charge in [0.25, 0.3) is 0 Å². The number of hydrogen-bond donors (Lipinski definition) is 2. The van der Waals surface area contributed by atoms with Gasteiger partial charge in [-0.1, -0.05) is 142 Å². The molecular weight excluding hydrogens is 500 g/mol. The molecule has 4 heteroatoms. The number of hydrogen-bond acceptors (Lipinski definition) is 3. The van der Waals surface area contributed by atoms with Crippen molar-refractivity contribution >= 4 is 0 Å². The van der Waals surface area contributed by atoms with Crippen LogP contribution in [0.5, 0.6) is 0 Å². The second kappa shape index (κ2) is 12.3. The van der Waals surface area contributed by atoms with Gasteiger partial charge in [-0.15, -0.1) is 0 Å². The van der Waals surface area contributed by atoms with Crippen molar-refractivity contribution in [3.05, 3.63) is 138 Å². The maximum atomic E-state index is 5.40. The van der Waals surface area contributed by atoms with Gasteiger partial charge in [0.05, 0.1) is 16.9 Å². The lowest BCUT2D eigenvalue weighted by molar-refractivity contribution is 0.00406. The summed E-state index contributed by atoms with van der Waals surface area (Å²) in [6.07, 6.45) is 1.04. The standard InChI is InChI=1S/C37H40N4/c1-3-28(2)37(41-26-24-38-25-27-41,33(29-16-8-4-9-17-29)30-18-10-5-11-19-30)35-34(31-20-12-6-13-21-31)39-36(40-35)32-22-14-7-15-23-32/h4-23,28,33,38H,3,24-27H2,1-2H3,(H,39,40). The van der Waals surface area contributed by atoms with Gasteiger partial charge in [0.2, 0.25) is 0 Å². The molecule has 1 aromatic heterocycles. The molecular formula is C37H40N4. The van der Waals surface area contributed by atoms with Crippen LogP contribution in [0.15, 0.2) is 121 Å². The van der Waals surface area contributed by atoms with E-state index in [4.69, 9.17) is 4.98 Å². The van der Waals surface area contributed by atoms with Gasteiger partial charge in [-0.3, -0.25) is 4.90 Å². The summed E-state index contributed by atoms with van der Waals surface area (Å²) in [5.74, 6) is 1.32. The van der Waals surface area contributed by atoms with Gasteiger partial charge in [-0.05, 0) is 17.0 Å². The number of imidazole rings is 1. The van der Waals surface area contributed by atoms with Gasteiger partial charge in [-0.2, -0.15) is 0 Å². The van der Waals surface area contributed by atoms with Crippen LogP contribution < -0.4 is 5.32 Å². The predicted octanol–water partition coefficient (Wildman–Crippen LogP) is 7.72. The molecule has 41 heavy (non-hydrogen) atoms. The van der Waals surface area contributed by atoms with E-state index >= 15 is 0 Å². The molecule has 1 aliphatic heterocycles. The second-order valence-corrected chi connectivity index (χ2v) is 11.2. The Morgan fingerprint density at radius 2 is 1.20 bits per heavy atom. The van der Waals surface area contributed by atoms with Crippen LogP contribution in [0.3, 0.4) is 0 Å². The van der Waals surface area contributed by atoms with Crippen molar-refractivity contribution < 1.29 is 0 Å². The quantitative estimate of drug-likeness (QED) is 0.201. The van der Waals surface area contributed by atoms with Crippen molar-refractivity contribution in [1.82, 2.24) is 20.2 Å². The smallest absolute Gasteiger partial charge is 0.138 e. The molecule has 0 bridgehead atoms. The summed E-state index contributed by atoms with van der Waals surface area (Å²) in [6.45, 7) is 8.65. The van der Waals surface area contributed by atoms with E-state index < -0.39 is 0 Å². The molecule has 208 valence electrons. The van der Waals surface area contributed by atoms with E-state index in [-0.39, 0.29) is 11.5 Å². The van der Waals surface area contributed by atoms with Crippen LogP contribution in [0.4, 0.5) is 0 Å². The molecule has 2 unspecified atom stereocenters. The van der Waals surface area contributed by atoms with Gasteiger partial charge >= 0.3 is 0 Å². The maximum absolute atomic E-state index is 5.40. The lowest BCUT2D eigenvalue weighted by Crippen LogP contribution is -2.60. The van der Waals surface area contributed by atoms with Crippen LogP contribution in [0.2, 0.25) is 0 Å². The van der Waals surface area contributed by atoms with Gasteiger partial charge in [0.15, 0.2) is 0 Å². The number of aromatic nitrogens is 2. The normalized spacial score (nSPS) is 16.4. The van der Waals surface area contributed by atoms with Crippen molar-refractivity contribution in [3.63, 3.8) is 0 Å². The number of aromatic amines is 1. The molecule has 0 spiro atoms. The monoisotopic (exact) mass is 540 g/mol. The molecule has 6 rings (SSSR count). The molecule has 2 atom stereocenters. The third-order valence-corrected chi connectivity index (χ3v) is 8.91. The number of rotatable bonds is 9. The molecule has 0 aliphatic carbocycles. The number of nitrogens with zero attached hydrogens (tertiary/aromatic N) is 2. The van der Waals surface area contributed by atoms with E-state index in [0.29, 0.717) is 5.92 Å². The molecule has 4 nitrogen and oxygen atoms in total. The largest absolute Gasteiger partial charge is 0.340 e. The molecule has 1 aliphatic rings. The first-order valence-corrected chi connectivity index (χ1v) is 15.0. The average molecular weight is 541 g/mol. The summed E-state index contributed by atoms with van der Waals surface area (Å²) >= 11 is 0. The number of nitrogens with one attached hydrogen (secondary N) is 2. The van der Waals surface area contributed by atoms with E-state index in [1.807, 2.05) is 0 Å². The molecule has 0 amide bonds. The van der Waals surface area contributed by atoms with E-state index in [9.17, 15) is 0 Å². The SMILES string of the molecule is CCC(C)C(c1[nH]c(-c2ccccc2)nc1-c1ccccc1)(C(c1ccccc1)c1ccccc1)N1CCNCC1. The van der Waals surface area contributed by atoms with Gasteiger partial charge in [-0.25, -0.2) is 4.98 Å². The molecule has 5 aromatic rings. The molecule has 1 fully saturated rings. The van der Waals surface area contributed by atoms with Crippen LogP contribution >= 0.6 is 0 Å². The Balaban J connectivity index is 1.72. The molecule has 4 aromatic carbocycles. The van der Waals surface area contributed by atoms with Crippen LogP contribution in [-0.2, 0) is 5.54 Å². The van der Waals surface area contributed by atoms with Crippen LogP contribution in [0.1, 0.15) is 43.0 Å². The minimum Gasteiger partial charge on any atom is -0.340 e. The van der Waals surface area contributed by atoms with Crippen LogP contribution in [0.25, 0.3) is 22.6 Å². The zero-order valence-electron chi connectivity index (χ0n) is 24.1. The molecule has 0 saturated carbocycles. The summed E-state index contributed by atoms with van der Waals surface area (Å²) in [5, 5.41) is 3.62. The minimum atomic E-state index is -0.384. The van der Waals surface area contributed by atoms with E-state index in [1.54, 1.807) is 0 Å². The van der Waals surface area contributed by atoms with Crippen molar-refractivity contribution in [2.24, 2.45) is 5.92 Å². The summed E-state index contributed by atoms with van der Waals surface area (Å²) in [7, 11) is 0. The lowest BCUT2D eigenvalue weighted by Gasteiger charge is -2.54. The van der Waals surface area contributed by atoms with Crippen molar-refractivity contribution in [2.75, 3.05) is 26.2 Å². The Morgan fingerprint density at radius 1 is 0.707 bits per heavy atom. The summed E-state index contributed by atoms with van der Waals surface area (Å²) in [5.41, 5.74) is 6.76. The highest BCUT2D eigenvalue weighted by molar-refractivity contribution is 5.69. The van der Waals surface area contributed by atoms with Crippen LogP contribution in [-0.4, -0.2) is 41.0 Å². The van der Waals surface area contributed by atoms with Gasteiger partial charge < -0.3 is 10.3 Å². The third kappa shape index (κ3) is 5.14. The van der Waals surface area contributed by atoms with Crippen molar-refractivity contribution in [1.29, 1.82) is 0 Å². The number of benzene rings is 4. The van der Waals surface area contributed by atoms with E-state index in [1.165, 1.54) is 16.8 Å². The fourth-order valence-corrected chi connectivity index (χ4v) is 6.87. The molecule has 0 radical (unpaired) electrons. The van der Waals surface area contributed by atoms with E-state index in [2.05, 4.69) is 150 Å². The Morgan fingerprint density at radius 3 is 1.71 bits per heavy atom.